The van der Waals surface area contributed by atoms with Gasteiger partial charge in [-0.2, -0.15) is 0 Å². The summed E-state index contributed by atoms with van der Waals surface area (Å²) in [6, 6.07) is 2.21. The van der Waals surface area contributed by atoms with Gasteiger partial charge in [0.05, 0.1) is 0 Å². The molecule has 3 N–H and O–H groups in total. The number of carbonyl (C=O) groups is 1. The van der Waals surface area contributed by atoms with Gasteiger partial charge < -0.3 is 15.3 Å². The minimum Gasteiger partial charge on any atom is -0.508 e. The Kier molecular flexibility index (Phi) is 3.55. The van der Waals surface area contributed by atoms with Crippen LogP contribution in [0.25, 0.3) is 0 Å². The van der Waals surface area contributed by atoms with Gasteiger partial charge in [-0.15, -0.1) is 0 Å². The predicted octanol–water partition coefficient (Wildman–Crippen LogP) is 1.72. The van der Waals surface area contributed by atoms with Gasteiger partial charge in [-0.1, -0.05) is 6.92 Å². The quantitative estimate of drug-likeness (QED) is 0.707. The standard InChI is InChI=1S/C11H14O4/c1-2-3-7(12)4-9-10(14)5-8(13)6-11(9)15/h5-6,13-15H,2-4H2,1H3. The molecule has 0 saturated carbocycles. The zero-order valence-electron chi connectivity index (χ0n) is 8.53. The predicted molar refractivity (Wildman–Crippen MR) is 55.1 cm³/mol. The number of Topliss-reactive ketones (excluding diaryl/α,β-unsaturated/α-hetero) is 1. The van der Waals surface area contributed by atoms with Gasteiger partial charge in [-0.25, -0.2) is 0 Å². The van der Waals surface area contributed by atoms with E-state index in [1.54, 1.807) is 0 Å². The van der Waals surface area contributed by atoms with Crippen LogP contribution in [-0.2, 0) is 11.2 Å². The molecule has 0 heterocycles. The van der Waals surface area contributed by atoms with Crippen molar-refractivity contribution in [3.05, 3.63) is 17.7 Å². The summed E-state index contributed by atoms with van der Waals surface area (Å²) in [6.07, 6.45) is 1.14. The molecule has 0 saturated heterocycles. The van der Waals surface area contributed by atoms with Crippen molar-refractivity contribution in [3.63, 3.8) is 0 Å². The monoisotopic (exact) mass is 210 g/mol. The van der Waals surface area contributed by atoms with Crippen molar-refractivity contribution in [2.45, 2.75) is 26.2 Å². The first-order valence-electron chi connectivity index (χ1n) is 4.80. The molecule has 4 heteroatoms. The lowest BCUT2D eigenvalue weighted by molar-refractivity contribution is -0.118. The molecule has 0 aromatic heterocycles. The highest BCUT2D eigenvalue weighted by molar-refractivity contribution is 5.82. The van der Waals surface area contributed by atoms with Crippen LogP contribution in [0.2, 0.25) is 0 Å². The number of benzene rings is 1. The number of aromatic hydroxyl groups is 3. The molecular weight excluding hydrogens is 196 g/mol. The molecule has 0 spiro atoms. The maximum absolute atomic E-state index is 11.3. The molecule has 0 radical (unpaired) electrons. The van der Waals surface area contributed by atoms with Crippen molar-refractivity contribution < 1.29 is 20.1 Å². The van der Waals surface area contributed by atoms with Gasteiger partial charge in [0, 0.05) is 30.5 Å². The van der Waals surface area contributed by atoms with E-state index in [0.29, 0.717) is 6.42 Å². The summed E-state index contributed by atoms with van der Waals surface area (Å²) in [5.74, 6) is -0.778. The van der Waals surface area contributed by atoms with Crippen LogP contribution < -0.4 is 0 Å². The molecule has 82 valence electrons. The Hall–Kier alpha value is -1.71. The fourth-order valence-corrected chi connectivity index (χ4v) is 1.37. The van der Waals surface area contributed by atoms with Crippen LogP contribution >= 0.6 is 0 Å². The molecule has 0 aliphatic carbocycles. The number of rotatable bonds is 4. The molecule has 4 nitrogen and oxygen atoms in total. The summed E-state index contributed by atoms with van der Waals surface area (Å²) >= 11 is 0. The molecule has 1 aromatic carbocycles. The van der Waals surface area contributed by atoms with Crippen molar-refractivity contribution in [2.75, 3.05) is 0 Å². The number of hydrogen-bond acceptors (Lipinski definition) is 4. The van der Waals surface area contributed by atoms with Gasteiger partial charge in [-0.05, 0) is 6.42 Å². The number of carbonyl (C=O) groups excluding carboxylic acids is 1. The molecule has 0 aliphatic rings. The number of phenolic OH excluding ortho intramolecular Hbond substituents is 3. The Morgan fingerprint density at radius 3 is 2.20 bits per heavy atom. The van der Waals surface area contributed by atoms with Crippen LogP contribution in [0, 0.1) is 0 Å². The molecular formula is C11H14O4. The van der Waals surface area contributed by atoms with E-state index >= 15 is 0 Å². The summed E-state index contributed by atoms with van der Waals surface area (Å²) in [6.45, 7) is 1.88. The second-order valence-corrected chi connectivity index (χ2v) is 3.43. The Labute approximate surface area is 87.8 Å². The zero-order valence-corrected chi connectivity index (χ0v) is 8.53. The maximum atomic E-state index is 11.3. The van der Waals surface area contributed by atoms with Crippen LogP contribution in [0.3, 0.4) is 0 Å². The fraction of sp³-hybridized carbons (Fsp3) is 0.364. The number of ketones is 1. The smallest absolute Gasteiger partial charge is 0.137 e. The second kappa shape index (κ2) is 4.68. The van der Waals surface area contributed by atoms with Crippen molar-refractivity contribution in [1.29, 1.82) is 0 Å². The van der Waals surface area contributed by atoms with Gasteiger partial charge in [0.2, 0.25) is 0 Å². The van der Waals surface area contributed by atoms with E-state index < -0.39 is 0 Å². The highest BCUT2D eigenvalue weighted by Crippen LogP contribution is 2.32. The first kappa shape index (κ1) is 11.4. The van der Waals surface area contributed by atoms with Crippen molar-refractivity contribution in [2.24, 2.45) is 0 Å². The van der Waals surface area contributed by atoms with Crippen LogP contribution in [0.15, 0.2) is 12.1 Å². The third-order valence-corrected chi connectivity index (χ3v) is 2.09. The topological polar surface area (TPSA) is 77.8 Å². The molecule has 0 amide bonds. The van der Waals surface area contributed by atoms with Crippen LogP contribution in [0.4, 0.5) is 0 Å². The summed E-state index contributed by atoms with van der Waals surface area (Å²) in [4.78, 5) is 11.3. The second-order valence-electron chi connectivity index (χ2n) is 3.43. The Morgan fingerprint density at radius 2 is 1.73 bits per heavy atom. The van der Waals surface area contributed by atoms with E-state index in [9.17, 15) is 15.0 Å². The SMILES string of the molecule is CCCC(=O)Cc1c(O)cc(O)cc1O. The summed E-state index contributed by atoms with van der Waals surface area (Å²) in [7, 11) is 0. The lowest BCUT2D eigenvalue weighted by Gasteiger charge is -2.06. The van der Waals surface area contributed by atoms with Gasteiger partial charge in [-0.3, -0.25) is 4.79 Å². The van der Waals surface area contributed by atoms with E-state index in [-0.39, 0.29) is 35.0 Å². The van der Waals surface area contributed by atoms with Crippen molar-refractivity contribution in [3.8, 4) is 17.2 Å². The van der Waals surface area contributed by atoms with E-state index in [0.717, 1.165) is 18.6 Å². The van der Waals surface area contributed by atoms with Crippen LogP contribution in [0.1, 0.15) is 25.3 Å². The Morgan fingerprint density at radius 1 is 1.20 bits per heavy atom. The average molecular weight is 210 g/mol. The minimum absolute atomic E-state index is 0.00815. The molecule has 0 fully saturated rings. The number of hydrogen-bond donors (Lipinski definition) is 3. The average Bonchev–Trinajstić information content (AvgIpc) is 2.11. The summed E-state index contributed by atoms with van der Waals surface area (Å²) in [5, 5.41) is 27.9. The largest absolute Gasteiger partial charge is 0.508 e. The Balaban J connectivity index is 2.90. The molecule has 1 rings (SSSR count). The minimum atomic E-state index is -0.253. The molecule has 0 aliphatic heterocycles. The van der Waals surface area contributed by atoms with Gasteiger partial charge in [0.25, 0.3) is 0 Å². The van der Waals surface area contributed by atoms with Crippen LogP contribution in [0.5, 0.6) is 17.2 Å². The highest BCUT2D eigenvalue weighted by Gasteiger charge is 2.13. The molecule has 0 unspecified atom stereocenters. The lowest BCUT2D eigenvalue weighted by atomic mass is 10.0. The van der Waals surface area contributed by atoms with E-state index in [4.69, 9.17) is 5.11 Å². The van der Waals surface area contributed by atoms with Crippen LogP contribution in [-0.4, -0.2) is 21.1 Å². The first-order chi connectivity index (χ1) is 7.04. The molecule has 0 atom stereocenters. The summed E-state index contributed by atoms with van der Waals surface area (Å²) < 4.78 is 0. The van der Waals surface area contributed by atoms with Gasteiger partial charge >= 0.3 is 0 Å². The van der Waals surface area contributed by atoms with Crippen molar-refractivity contribution in [1.82, 2.24) is 0 Å². The summed E-state index contributed by atoms with van der Waals surface area (Å²) in [5.41, 5.74) is 0.172. The van der Waals surface area contributed by atoms with Crippen molar-refractivity contribution >= 4 is 5.78 Å². The Bertz CT molecular complexity index is 348. The highest BCUT2D eigenvalue weighted by atomic mass is 16.3. The zero-order chi connectivity index (χ0) is 11.4. The molecule has 0 bridgehead atoms. The third-order valence-electron chi connectivity index (χ3n) is 2.09. The molecule has 15 heavy (non-hydrogen) atoms. The van der Waals surface area contributed by atoms with E-state index in [1.807, 2.05) is 6.92 Å². The van der Waals surface area contributed by atoms with Gasteiger partial charge in [0.15, 0.2) is 0 Å². The number of phenols is 3. The van der Waals surface area contributed by atoms with E-state index in [2.05, 4.69) is 0 Å². The maximum Gasteiger partial charge on any atom is 0.137 e. The first-order valence-corrected chi connectivity index (χ1v) is 4.80. The lowest BCUT2D eigenvalue weighted by Crippen LogP contribution is -2.02. The normalized spacial score (nSPS) is 10.2. The molecule has 1 aromatic rings. The van der Waals surface area contributed by atoms with E-state index in [1.165, 1.54) is 0 Å². The third kappa shape index (κ3) is 2.87. The van der Waals surface area contributed by atoms with Gasteiger partial charge in [0.1, 0.15) is 23.0 Å². The fourth-order valence-electron chi connectivity index (χ4n) is 1.37.